The molecule has 114 valence electrons. The molecule has 2 amide bonds. The second-order valence-electron chi connectivity index (χ2n) is 4.08. The molecular weight excluding hydrogens is 374 g/mol. The third kappa shape index (κ3) is 4.71. The Morgan fingerprint density at radius 3 is 2.73 bits per heavy atom. The molecule has 0 aliphatic heterocycles. The molecule has 0 saturated heterocycles. The Labute approximate surface area is 139 Å². The first-order valence-electron chi connectivity index (χ1n) is 6.14. The van der Waals surface area contributed by atoms with Crippen molar-refractivity contribution in [3.8, 4) is 5.75 Å². The van der Waals surface area contributed by atoms with Crippen LogP contribution < -0.4 is 15.6 Å². The van der Waals surface area contributed by atoms with Crippen molar-refractivity contribution in [3.05, 3.63) is 57.8 Å². The van der Waals surface area contributed by atoms with Gasteiger partial charge in [-0.3, -0.25) is 25.4 Å². The number of rotatable bonds is 4. The molecule has 0 spiro atoms. The van der Waals surface area contributed by atoms with Gasteiger partial charge in [0.2, 0.25) is 0 Å². The maximum Gasteiger partial charge on any atom is 0.288 e. The minimum absolute atomic E-state index is 0.194. The van der Waals surface area contributed by atoms with Crippen molar-refractivity contribution in [1.29, 1.82) is 0 Å². The molecule has 0 atom stereocenters. The van der Waals surface area contributed by atoms with Crippen LogP contribution in [0.25, 0.3) is 0 Å². The van der Waals surface area contributed by atoms with Gasteiger partial charge in [0.25, 0.3) is 11.8 Å². The molecule has 1 aromatic carbocycles. The van der Waals surface area contributed by atoms with Crippen LogP contribution in [-0.4, -0.2) is 23.4 Å². The van der Waals surface area contributed by atoms with Gasteiger partial charge in [0.1, 0.15) is 11.4 Å². The molecule has 0 saturated carbocycles. The molecule has 2 aromatic rings. The van der Waals surface area contributed by atoms with Crippen molar-refractivity contribution < 1.29 is 14.3 Å². The normalized spacial score (nSPS) is 9.91. The molecule has 0 bridgehead atoms. The second kappa shape index (κ2) is 7.77. The Morgan fingerprint density at radius 1 is 1.23 bits per heavy atom. The molecule has 2 rings (SSSR count). The van der Waals surface area contributed by atoms with Gasteiger partial charge >= 0.3 is 0 Å². The van der Waals surface area contributed by atoms with Crippen molar-refractivity contribution >= 4 is 39.3 Å². The minimum atomic E-state index is -0.525. The lowest BCUT2D eigenvalue weighted by Crippen LogP contribution is -2.44. The Kier molecular flexibility index (Phi) is 5.74. The van der Waals surface area contributed by atoms with Crippen LogP contribution in [0, 0.1) is 0 Å². The van der Waals surface area contributed by atoms with Crippen molar-refractivity contribution in [1.82, 2.24) is 15.8 Å². The van der Waals surface area contributed by atoms with E-state index in [0.29, 0.717) is 10.8 Å². The summed E-state index contributed by atoms with van der Waals surface area (Å²) in [5, 5.41) is 0.375. The van der Waals surface area contributed by atoms with Crippen molar-refractivity contribution in [3.63, 3.8) is 0 Å². The number of benzene rings is 1. The van der Waals surface area contributed by atoms with Gasteiger partial charge in [-0.15, -0.1) is 0 Å². The summed E-state index contributed by atoms with van der Waals surface area (Å²) in [6.45, 7) is -0.288. The van der Waals surface area contributed by atoms with Gasteiger partial charge in [-0.1, -0.05) is 33.6 Å². The lowest BCUT2D eigenvalue weighted by Gasteiger charge is -2.09. The van der Waals surface area contributed by atoms with Gasteiger partial charge in [-0.25, -0.2) is 0 Å². The van der Waals surface area contributed by atoms with E-state index in [9.17, 15) is 9.59 Å². The van der Waals surface area contributed by atoms with Crippen LogP contribution in [0.5, 0.6) is 5.75 Å². The number of amides is 2. The fraction of sp³-hybridized carbons (Fsp3) is 0.0714. The Bertz CT molecular complexity index is 682. The van der Waals surface area contributed by atoms with Crippen molar-refractivity contribution in [2.24, 2.45) is 0 Å². The van der Waals surface area contributed by atoms with E-state index in [1.807, 2.05) is 0 Å². The second-order valence-corrected chi connectivity index (χ2v) is 5.40. The summed E-state index contributed by atoms with van der Waals surface area (Å²) in [6, 6.07) is 9.90. The first-order valence-corrected chi connectivity index (χ1v) is 7.31. The van der Waals surface area contributed by atoms with E-state index in [1.54, 1.807) is 30.3 Å². The molecule has 0 unspecified atom stereocenters. The van der Waals surface area contributed by atoms with Crippen LogP contribution in [0.3, 0.4) is 0 Å². The number of pyridine rings is 1. The third-order valence-electron chi connectivity index (χ3n) is 2.47. The number of nitrogens with one attached hydrogen (secondary N) is 2. The summed E-state index contributed by atoms with van der Waals surface area (Å²) in [4.78, 5) is 27.1. The fourth-order valence-electron chi connectivity index (χ4n) is 1.46. The largest absolute Gasteiger partial charge is 0.482 e. The average molecular weight is 385 g/mol. The minimum Gasteiger partial charge on any atom is -0.482 e. The quantitative estimate of drug-likeness (QED) is 0.793. The Morgan fingerprint density at radius 2 is 2.05 bits per heavy atom. The molecule has 6 nitrogen and oxygen atoms in total. The van der Waals surface area contributed by atoms with E-state index >= 15 is 0 Å². The summed E-state index contributed by atoms with van der Waals surface area (Å²) in [6.07, 6.45) is 1.48. The van der Waals surface area contributed by atoms with Gasteiger partial charge in [0.15, 0.2) is 6.61 Å². The number of hydrogen-bond donors (Lipinski definition) is 2. The molecule has 8 heteroatoms. The zero-order valence-corrected chi connectivity index (χ0v) is 13.5. The van der Waals surface area contributed by atoms with E-state index in [0.717, 1.165) is 4.47 Å². The molecular formula is C14H11BrClN3O3. The number of nitrogens with zero attached hydrogens (tertiary/aromatic N) is 1. The van der Waals surface area contributed by atoms with Gasteiger partial charge in [-0.05, 0) is 30.3 Å². The van der Waals surface area contributed by atoms with Crippen LogP contribution in [0.15, 0.2) is 47.1 Å². The maximum absolute atomic E-state index is 11.7. The Balaban J connectivity index is 1.80. The molecule has 0 radical (unpaired) electrons. The summed E-state index contributed by atoms with van der Waals surface area (Å²) >= 11 is 9.22. The molecule has 22 heavy (non-hydrogen) atoms. The van der Waals surface area contributed by atoms with Gasteiger partial charge in [0.05, 0.1) is 5.02 Å². The highest BCUT2D eigenvalue weighted by molar-refractivity contribution is 9.10. The monoisotopic (exact) mass is 383 g/mol. The summed E-state index contributed by atoms with van der Waals surface area (Å²) in [5.41, 5.74) is 4.66. The highest BCUT2D eigenvalue weighted by Crippen LogP contribution is 2.27. The Hall–Kier alpha value is -2.12. The molecule has 1 aromatic heterocycles. The summed E-state index contributed by atoms with van der Waals surface area (Å²) < 4.78 is 6.06. The number of hydrazine groups is 1. The lowest BCUT2D eigenvalue weighted by atomic mass is 10.3. The van der Waals surface area contributed by atoms with Crippen LogP contribution in [0.2, 0.25) is 5.02 Å². The van der Waals surface area contributed by atoms with Crippen LogP contribution >= 0.6 is 27.5 Å². The number of ether oxygens (including phenoxy) is 1. The predicted molar refractivity (Wildman–Crippen MR) is 84.5 cm³/mol. The lowest BCUT2D eigenvalue weighted by molar-refractivity contribution is -0.123. The van der Waals surface area contributed by atoms with E-state index in [4.69, 9.17) is 16.3 Å². The molecule has 1 heterocycles. The van der Waals surface area contributed by atoms with Crippen molar-refractivity contribution in [2.75, 3.05) is 6.61 Å². The maximum atomic E-state index is 11.7. The molecule has 0 aliphatic carbocycles. The average Bonchev–Trinajstić information content (AvgIpc) is 2.52. The highest BCUT2D eigenvalue weighted by Gasteiger charge is 2.09. The molecule has 0 fully saturated rings. The first kappa shape index (κ1) is 16.3. The van der Waals surface area contributed by atoms with E-state index in [1.165, 1.54) is 12.3 Å². The fourth-order valence-corrected chi connectivity index (χ4v) is 2.19. The summed E-state index contributed by atoms with van der Waals surface area (Å²) in [7, 11) is 0. The van der Waals surface area contributed by atoms with E-state index < -0.39 is 11.8 Å². The van der Waals surface area contributed by atoms with Crippen LogP contribution in [0.1, 0.15) is 10.5 Å². The smallest absolute Gasteiger partial charge is 0.288 e. The molecule has 0 aliphatic rings. The predicted octanol–water partition coefficient (Wildman–Crippen LogP) is 2.34. The number of carbonyl (C=O) groups is 2. The first-order chi connectivity index (χ1) is 10.6. The van der Waals surface area contributed by atoms with Gasteiger partial charge < -0.3 is 4.74 Å². The van der Waals surface area contributed by atoms with Crippen molar-refractivity contribution in [2.45, 2.75) is 0 Å². The molecule has 2 N–H and O–H groups in total. The third-order valence-corrected chi connectivity index (χ3v) is 3.25. The highest BCUT2D eigenvalue weighted by atomic mass is 79.9. The number of carbonyl (C=O) groups excluding carboxylic acids is 2. The van der Waals surface area contributed by atoms with Crippen LogP contribution in [-0.2, 0) is 4.79 Å². The zero-order chi connectivity index (χ0) is 15.9. The standard InChI is InChI=1S/C14H11BrClN3O3/c15-9-4-5-12(10(16)7-9)22-8-13(20)18-19-14(21)11-3-1-2-6-17-11/h1-7H,8H2,(H,18,20)(H,19,21). The van der Waals surface area contributed by atoms with E-state index in [2.05, 4.69) is 31.8 Å². The number of hydrogen-bond acceptors (Lipinski definition) is 4. The van der Waals surface area contributed by atoms with Gasteiger partial charge in [-0.2, -0.15) is 0 Å². The number of aromatic nitrogens is 1. The van der Waals surface area contributed by atoms with Gasteiger partial charge in [0, 0.05) is 10.7 Å². The topological polar surface area (TPSA) is 80.3 Å². The SMILES string of the molecule is O=C(COc1ccc(Br)cc1Cl)NNC(=O)c1ccccn1. The number of halogens is 2. The zero-order valence-electron chi connectivity index (χ0n) is 11.2. The summed E-state index contributed by atoms with van der Waals surface area (Å²) in [5.74, 6) is -0.671. The van der Waals surface area contributed by atoms with Crippen LogP contribution in [0.4, 0.5) is 0 Å². The van der Waals surface area contributed by atoms with E-state index in [-0.39, 0.29) is 12.3 Å².